The van der Waals surface area contributed by atoms with E-state index in [1.165, 1.54) is 12.0 Å². The lowest BCUT2D eigenvalue weighted by Crippen LogP contribution is -2.43. The molecule has 1 spiro atoms. The van der Waals surface area contributed by atoms with E-state index in [9.17, 15) is 12.6 Å². The lowest BCUT2D eigenvalue weighted by atomic mass is 9.63. The van der Waals surface area contributed by atoms with Crippen LogP contribution in [-0.4, -0.2) is 31.8 Å². The Hall–Kier alpha value is -1.28. The predicted octanol–water partition coefficient (Wildman–Crippen LogP) is 3.95. The molecule has 31 heavy (non-hydrogen) atoms. The second kappa shape index (κ2) is 8.25. The lowest BCUT2D eigenvalue weighted by molar-refractivity contribution is 0.335. The van der Waals surface area contributed by atoms with Gasteiger partial charge in [0.2, 0.25) is 10.0 Å². The minimum atomic E-state index is -3.67. The molecule has 1 aromatic carbocycles. The number of rotatable bonds is 3. The number of sulfonamides is 1. The van der Waals surface area contributed by atoms with Crippen LogP contribution in [0.25, 0.3) is 0 Å². The van der Waals surface area contributed by atoms with Crippen molar-refractivity contribution in [2.75, 3.05) is 13.1 Å². The van der Waals surface area contributed by atoms with Gasteiger partial charge in [-0.05, 0) is 81.3 Å². The summed E-state index contributed by atoms with van der Waals surface area (Å²) in [5.41, 5.74) is 3.01. The molecule has 2 N–H and O–H groups in total. The summed E-state index contributed by atoms with van der Waals surface area (Å²) in [7, 11) is -4.99. The van der Waals surface area contributed by atoms with E-state index in [1.54, 1.807) is 6.07 Å². The van der Waals surface area contributed by atoms with Crippen LogP contribution in [0.5, 0.6) is 0 Å². The summed E-state index contributed by atoms with van der Waals surface area (Å²) in [5.74, 6) is 0. The molecule has 7 heteroatoms. The zero-order valence-electron chi connectivity index (χ0n) is 18.2. The van der Waals surface area contributed by atoms with Crippen molar-refractivity contribution < 1.29 is 12.6 Å². The number of hydrogen-bond acceptors (Lipinski definition) is 4. The first-order chi connectivity index (χ1) is 14.9. The zero-order valence-corrected chi connectivity index (χ0v) is 19.8. The van der Waals surface area contributed by atoms with Crippen LogP contribution in [0, 0.1) is 6.92 Å². The molecule has 0 aromatic heterocycles. The van der Waals surface area contributed by atoms with Crippen LogP contribution in [0.1, 0.15) is 68.9 Å². The maximum atomic E-state index is 13.6. The van der Waals surface area contributed by atoms with Crippen LogP contribution < -0.4 is 10.0 Å². The van der Waals surface area contributed by atoms with Gasteiger partial charge in [0.25, 0.3) is 0 Å². The van der Waals surface area contributed by atoms with Gasteiger partial charge in [0.05, 0.1) is 15.7 Å². The number of allylic oxidation sites excluding steroid dienone is 3. The highest BCUT2D eigenvalue weighted by Crippen LogP contribution is 2.55. The molecule has 0 bridgehead atoms. The van der Waals surface area contributed by atoms with E-state index >= 15 is 0 Å². The summed E-state index contributed by atoms with van der Waals surface area (Å²) in [4.78, 5) is 1.93. The fraction of sp³-hybridized carbons (Fsp3) is 0.583. The summed E-state index contributed by atoms with van der Waals surface area (Å²) in [5, 5.41) is 3.27. The van der Waals surface area contributed by atoms with Gasteiger partial charge in [-0.25, -0.2) is 17.3 Å². The number of benzene rings is 1. The van der Waals surface area contributed by atoms with Crippen molar-refractivity contribution in [2.45, 2.75) is 86.0 Å². The number of aryl methyl sites for hydroxylation is 1. The Kier molecular flexibility index (Phi) is 5.74. The Balaban J connectivity index is 1.62. The van der Waals surface area contributed by atoms with E-state index in [-0.39, 0.29) is 16.4 Å². The Morgan fingerprint density at radius 1 is 1.06 bits per heavy atom. The van der Waals surface area contributed by atoms with Crippen molar-refractivity contribution in [1.29, 1.82) is 0 Å². The fourth-order valence-corrected chi connectivity index (χ4v) is 9.22. The highest BCUT2D eigenvalue weighted by Gasteiger charge is 2.47. The number of piperidine rings is 1. The van der Waals surface area contributed by atoms with Gasteiger partial charge >= 0.3 is 0 Å². The van der Waals surface area contributed by atoms with Crippen LogP contribution in [0.15, 0.2) is 44.6 Å². The number of hydrogen-bond donors (Lipinski definition) is 2. The monoisotopic (exact) mass is 460 g/mol. The average molecular weight is 461 g/mol. The molecular weight excluding hydrogens is 428 g/mol. The van der Waals surface area contributed by atoms with E-state index in [4.69, 9.17) is 0 Å². The minimum Gasteiger partial charge on any atom is -0.317 e. The summed E-state index contributed by atoms with van der Waals surface area (Å²) >= 11 is 0. The van der Waals surface area contributed by atoms with Crippen LogP contribution in [0.4, 0.5) is 0 Å². The van der Waals surface area contributed by atoms with Gasteiger partial charge < -0.3 is 5.32 Å². The molecule has 5 nitrogen and oxygen atoms in total. The highest BCUT2D eigenvalue weighted by molar-refractivity contribution is 7.90. The predicted molar refractivity (Wildman–Crippen MR) is 124 cm³/mol. The molecule has 2 aliphatic heterocycles. The van der Waals surface area contributed by atoms with Gasteiger partial charge in [0, 0.05) is 21.3 Å². The Morgan fingerprint density at radius 3 is 2.52 bits per heavy atom. The van der Waals surface area contributed by atoms with Crippen LogP contribution in [-0.2, 0) is 26.2 Å². The molecule has 5 rings (SSSR count). The Bertz CT molecular complexity index is 1080. The van der Waals surface area contributed by atoms with E-state index in [0.717, 1.165) is 80.5 Å². The summed E-state index contributed by atoms with van der Waals surface area (Å²) in [6.45, 7) is 3.54. The molecule has 2 heterocycles. The number of nitrogens with one attached hydrogen (secondary N) is 2. The van der Waals surface area contributed by atoms with Crippen LogP contribution in [0.2, 0.25) is 0 Å². The van der Waals surface area contributed by atoms with Crippen molar-refractivity contribution in [2.24, 2.45) is 0 Å². The average Bonchev–Trinajstić information content (AvgIpc) is 2.78. The SMILES string of the molecule is Cc1cc2c(cc1S(=O)(=O)NC1CCNCC1)S(=O)C1=CCCC=C1C21CCCCC1. The van der Waals surface area contributed by atoms with E-state index in [1.807, 2.05) is 13.0 Å². The smallest absolute Gasteiger partial charge is 0.241 e. The molecule has 1 atom stereocenters. The van der Waals surface area contributed by atoms with Gasteiger partial charge in [-0.3, -0.25) is 0 Å². The Morgan fingerprint density at radius 2 is 1.77 bits per heavy atom. The molecule has 1 saturated heterocycles. The minimum absolute atomic E-state index is 0.0487. The van der Waals surface area contributed by atoms with E-state index in [2.05, 4.69) is 22.2 Å². The quantitative estimate of drug-likeness (QED) is 0.716. The van der Waals surface area contributed by atoms with Gasteiger partial charge in [-0.15, -0.1) is 0 Å². The van der Waals surface area contributed by atoms with E-state index in [0.29, 0.717) is 4.90 Å². The third-order valence-corrected chi connectivity index (χ3v) is 10.7. The first-order valence-corrected chi connectivity index (χ1v) is 14.3. The standard InChI is InChI=1S/C24H32N2O3S2/c1-17-15-20-22(16-23(17)31(28,29)26-18-9-13-25-14-10-18)30(27)21-8-4-3-7-19(21)24(20)11-5-2-6-12-24/h7-8,15-16,18,25-26H,2-6,9-14H2,1H3. The first kappa shape index (κ1) is 21.6. The molecule has 1 unspecified atom stereocenters. The second-order valence-electron chi connectivity index (χ2n) is 9.43. The molecule has 1 saturated carbocycles. The first-order valence-electron chi connectivity index (χ1n) is 11.6. The Labute approximate surface area is 188 Å². The van der Waals surface area contributed by atoms with Gasteiger partial charge in [-0.1, -0.05) is 37.5 Å². The molecule has 0 radical (unpaired) electrons. The highest BCUT2D eigenvalue weighted by atomic mass is 32.2. The molecule has 2 aliphatic carbocycles. The molecule has 0 amide bonds. The molecule has 168 valence electrons. The van der Waals surface area contributed by atoms with Crippen molar-refractivity contribution in [1.82, 2.24) is 10.0 Å². The maximum Gasteiger partial charge on any atom is 0.241 e. The van der Waals surface area contributed by atoms with Crippen molar-refractivity contribution in [3.63, 3.8) is 0 Å². The largest absolute Gasteiger partial charge is 0.317 e. The fourth-order valence-electron chi connectivity index (χ4n) is 5.93. The summed E-state index contributed by atoms with van der Waals surface area (Å²) in [6.07, 6.45) is 13.6. The number of fused-ring (bicyclic) bond motifs is 4. The van der Waals surface area contributed by atoms with Crippen molar-refractivity contribution in [3.05, 3.63) is 45.9 Å². The second-order valence-corrected chi connectivity index (χ2v) is 12.5. The molecule has 1 aromatic rings. The topological polar surface area (TPSA) is 75.3 Å². The van der Waals surface area contributed by atoms with Gasteiger partial charge in [0.1, 0.15) is 0 Å². The zero-order chi connectivity index (χ0) is 21.6. The summed E-state index contributed by atoms with van der Waals surface area (Å²) in [6, 6.07) is 3.72. The lowest BCUT2D eigenvalue weighted by Gasteiger charge is -2.46. The molecule has 2 fully saturated rings. The van der Waals surface area contributed by atoms with E-state index < -0.39 is 20.8 Å². The molecule has 4 aliphatic rings. The summed E-state index contributed by atoms with van der Waals surface area (Å²) < 4.78 is 43.2. The maximum absolute atomic E-state index is 13.6. The van der Waals surface area contributed by atoms with Gasteiger partial charge in [0.15, 0.2) is 0 Å². The van der Waals surface area contributed by atoms with Crippen molar-refractivity contribution >= 4 is 20.8 Å². The van der Waals surface area contributed by atoms with Gasteiger partial charge in [-0.2, -0.15) is 0 Å². The third kappa shape index (κ3) is 3.67. The van der Waals surface area contributed by atoms with Crippen molar-refractivity contribution in [3.8, 4) is 0 Å². The van der Waals surface area contributed by atoms with Crippen LogP contribution in [0.3, 0.4) is 0 Å². The normalized spacial score (nSPS) is 26.0. The third-order valence-electron chi connectivity index (χ3n) is 7.48. The molecular formula is C24H32N2O3S2. The van der Waals surface area contributed by atoms with Crippen LogP contribution >= 0.6 is 0 Å².